The fourth-order valence-corrected chi connectivity index (χ4v) is 3.34. The zero-order valence-electron chi connectivity index (χ0n) is 9.57. The van der Waals surface area contributed by atoms with Crippen molar-refractivity contribution in [1.82, 2.24) is 0 Å². The number of alkyl halides is 1. The first-order valence-electron chi connectivity index (χ1n) is 5.70. The summed E-state index contributed by atoms with van der Waals surface area (Å²) < 4.78 is 5.50. The first-order chi connectivity index (χ1) is 8.24. The van der Waals surface area contributed by atoms with Gasteiger partial charge in [0, 0.05) is 16.2 Å². The molecule has 1 aromatic heterocycles. The van der Waals surface area contributed by atoms with Crippen LogP contribution in [-0.4, -0.2) is 6.61 Å². The Labute approximate surface area is 110 Å². The summed E-state index contributed by atoms with van der Waals surface area (Å²) in [4.78, 5) is 2.51. The van der Waals surface area contributed by atoms with E-state index in [0.29, 0.717) is 0 Å². The van der Waals surface area contributed by atoms with Crippen LogP contribution in [-0.2, 0) is 6.42 Å². The number of halogens is 1. The maximum atomic E-state index is 6.52. The summed E-state index contributed by atoms with van der Waals surface area (Å²) in [6, 6.07) is 10.5. The van der Waals surface area contributed by atoms with Crippen molar-refractivity contribution >= 4 is 22.9 Å². The van der Waals surface area contributed by atoms with Gasteiger partial charge in [-0.05, 0) is 36.2 Å². The highest BCUT2D eigenvalue weighted by Gasteiger charge is 2.17. The van der Waals surface area contributed by atoms with Crippen molar-refractivity contribution in [3.8, 4) is 5.75 Å². The monoisotopic (exact) mass is 264 g/mol. The highest BCUT2D eigenvalue weighted by atomic mass is 35.5. The van der Waals surface area contributed by atoms with Gasteiger partial charge in [-0.3, -0.25) is 0 Å². The molecule has 2 aromatic rings. The van der Waals surface area contributed by atoms with Crippen molar-refractivity contribution in [2.24, 2.45) is 0 Å². The third kappa shape index (κ3) is 2.07. The second-order valence-corrected chi connectivity index (χ2v) is 6.03. The van der Waals surface area contributed by atoms with E-state index in [2.05, 4.69) is 31.2 Å². The van der Waals surface area contributed by atoms with E-state index in [4.69, 9.17) is 16.3 Å². The molecule has 0 fully saturated rings. The van der Waals surface area contributed by atoms with E-state index in [1.807, 2.05) is 6.07 Å². The van der Waals surface area contributed by atoms with Crippen LogP contribution in [0.3, 0.4) is 0 Å². The third-order valence-electron chi connectivity index (χ3n) is 3.02. The van der Waals surface area contributed by atoms with Crippen molar-refractivity contribution < 1.29 is 4.74 Å². The summed E-state index contributed by atoms with van der Waals surface area (Å²) in [6.07, 6.45) is 0.996. The lowest BCUT2D eigenvalue weighted by atomic mass is 10.1. The number of hydrogen-bond donors (Lipinski definition) is 0. The average molecular weight is 265 g/mol. The molecule has 0 amide bonds. The number of thiophene rings is 1. The van der Waals surface area contributed by atoms with Crippen LogP contribution in [0.4, 0.5) is 0 Å². The van der Waals surface area contributed by atoms with E-state index in [1.54, 1.807) is 11.3 Å². The number of aryl methyl sites for hydroxylation is 1. The molecule has 0 radical (unpaired) electrons. The van der Waals surface area contributed by atoms with Crippen molar-refractivity contribution in [1.29, 1.82) is 0 Å². The van der Waals surface area contributed by atoms with Gasteiger partial charge in [-0.2, -0.15) is 0 Å². The molecule has 3 rings (SSSR count). The summed E-state index contributed by atoms with van der Waals surface area (Å²) in [5, 5.41) is -0.0420. The van der Waals surface area contributed by atoms with Gasteiger partial charge < -0.3 is 4.74 Å². The maximum absolute atomic E-state index is 6.52. The minimum atomic E-state index is -0.0420. The number of benzene rings is 1. The normalized spacial score (nSPS) is 15.4. The first kappa shape index (κ1) is 11.1. The Morgan fingerprint density at radius 2 is 2.18 bits per heavy atom. The van der Waals surface area contributed by atoms with Gasteiger partial charge in [-0.25, -0.2) is 0 Å². The number of rotatable bonds is 2. The molecule has 1 nitrogen and oxygen atoms in total. The quantitative estimate of drug-likeness (QED) is 0.734. The second-order valence-electron chi connectivity index (χ2n) is 4.28. The molecule has 0 saturated carbocycles. The van der Waals surface area contributed by atoms with Crippen LogP contribution < -0.4 is 4.74 Å². The predicted octanol–water partition coefficient (Wildman–Crippen LogP) is 4.32. The summed E-state index contributed by atoms with van der Waals surface area (Å²) in [7, 11) is 0. The Morgan fingerprint density at radius 3 is 2.94 bits per heavy atom. The number of hydrogen-bond acceptors (Lipinski definition) is 2. The SMILES string of the molecule is Cc1ccc(C(Cl)c2ccc3c(c2)CCO3)s1. The minimum Gasteiger partial charge on any atom is -0.493 e. The fraction of sp³-hybridized carbons (Fsp3) is 0.286. The van der Waals surface area contributed by atoms with Crippen molar-refractivity contribution in [3.63, 3.8) is 0 Å². The topological polar surface area (TPSA) is 9.23 Å². The van der Waals surface area contributed by atoms with Gasteiger partial charge in [-0.1, -0.05) is 12.1 Å². The number of ether oxygens (including phenoxy) is 1. The molecule has 0 aliphatic carbocycles. The van der Waals surface area contributed by atoms with Crippen LogP contribution in [0.25, 0.3) is 0 Å². The first-order valence-corrected chi connectivity index (χ1v) is 6.95. The Hall–Kier alpha value is -0.990. The molecular formula is C14H13ClOS. The van der Waals surface area contributed by atoms with Crippen molar-refractivity contribution in [2.45, 2.75) is 18.7 Å². The van der Waals surface area contributed by atoms with Crippen LogP contribution in [0.5, 0.6) is 5.75 Å². The molecule has 0 spiro atoms. The Kier molecular flexibility index (Phi) is 2.85. The summed E-state index contributed by atoms with van der Waals surface area (Å²) in [6.45, 7) is 2.90. The van der Waals surface area contributed by atoms with E-state index >= 15 is 0 Å². The highest BCUT2D eigenvalue weighted by Crippen LogP contribution is 2.36. The Balaban J connectivity index is 1.94. The molecule has 0 N–H and O–H groups in total. The van der Waals surface area contributed by atoms with Gasteiger partial charge in [0.15, 0.2) is 0 Å². The summed E-state index contributed by atoms with van der Waals surface area (Å²) in [5.74, 6) is 1.01. The lowest BCUT2D eigenvalue weighted by molar-refractivity contribution is 0.357. The minimum absolute atomic E-state index is 0.0420. The molecule has 3 heteroatoms. The van der Waals surface area contributed by atoms with Crippen LogP contribution in [0.15, 0.2) is 30.3 Å². The molecule has 1 atom stereocenters. The van der Waals surface area contributed by atoms with Gasteiger partial charge in [0.2, 0.25) is 0 Å². The lowest BCUT2D eigenvalue weighted by Crippen LogP contribution is -1.91. The Bertz CT molecular complexity index is 547. The summed E-state index contributed by atoms with van der Waals surface area (Å²) >= 11 is 8.28. The second kappa shape index (κ2) is 4.35. The molecule has 1 aliphatic heterocycles. The molecule has 1 aromatic carbocycles. The van der Waals surface area contributed by atoms with Crippen LogP contribution in [0.2, 0.25) is 0 Å². The molecule has 1 aliphatic rings. The van der Waals surface area contributed by atoms with E-state index in [9.17, 15) is 0 Å². The number of fused-ring (bicyclic) bond motifs is 1. The van der Waals surface area contributed by atoms with Gasteiger partial charge >= 0.3 is 0 Å². The van der Waals surface area contributed by atoms with E-state index in [-0.39, 0.29) is 5.38 Å². The van der Waals surface area contributed by atoms with Gasteiger partial charge in [0.25, 0.3) is 0 Å². The molecule has 2 heterocycles. The molecule has 0 bridgehead atoms. The average Bonchev–Trinajstić information content (AvgIpc) is 2.95. The molecule has 17 heavy (non-hydrogen) atoms. The van der Waals surface area contributed by atoms with E-state index < -0.39 is 0 Å². The smallest absolute Gasteiger partial charge is 0.122 e. The molecule has 1 unspecified atom stereocenters. The third-order valence-corrected chi connectivity index (χ3v) is 4.70. The van der Waals surface area contributed by atoms with Crippen LogP contribution in [0.1, 0.15) is 26.3 Å². The zero-order valence-corrected chi connectivity index (χ0v) is 11.1. The largest absolute Gasteiger partial charge is 0.493 e. The fourth-order valence-electron chi connectivity index (χ4n) is 2.12. The Morgan fingerprint density at radius 1 is 1.29 bits per heavy atom. The standard InChI is InChI=1S/C14H13ClOS/c1-9-2-5-13(17-9)14(15)11-3-4-12-10(8-11)6-7-16-12/h2-5,8,14H,6-7H2,1H3. The molecular weight excluding hydrogens is 252 g/mol. The van der Waals surface area contributed by atoms with Crippen molar-refractivity contribution in [3.05, 3.63) is 51.2 Å². The molecule has 88 valence electrons. The van der Waals surface area contributed by atoms with Crippen LogP contribution in [0, 0.1) is 6.92 Å². The predicted molar refractivity (Wildman–Crippen MR) is 72.4 cm³/mol. The highest BCUT2D eigenvalue weighted by molar-refractivity contribution is 7.12. The molecule has 0 saturated heterocycles. The van der Waals surface area contributed by atoms with Gasteiger partial charge in [0.1, 0.15) is 5.75 Å². The van der Waals surface area contributed by atoms with Gasteiger partial charge in [-0.15, -0.1) is 22.9 Å². The maximum Gasteiger partial charge on any atom is 0.122 e. The van der Waals surface area contributed by atoms with Crippen molar-refractivity contribution in [2.75, 3.05) is 6.61 Å². The van der Waals surface area contributed by atoms with Crippen LogP contribution >= 0.6 is 22.9 Å². The van der Waals surface area contributed by atoms with E-state index in [0.717, 1.165) is 24.3 Å². The van der Waals surface area contributed by atoms with E-state index in [1.165, 1.54) is 15.3 Å². The zero-order chi connectivity index (χ0) is 11.8. The summed E-state index contributed by atoms with van der Waals surface area (Å²) in [5.41, 5.74) is 2.44. The van der Waals surface area contributed by atoms with Gasteiger partial charge in [0.05, 0.1) is 12.0 Å². The lowest BCUT2D eigenvalue weighted by Gasteiger charge is -2.09.